The van der Waals surface area contributed by atoms with Gasteiger partial charge in [0.1, 0.15) is 5.15 Å². The number of aromatic nitrogens is 6. The maximum Gasteiger partial charge on any atom is 0.498 e. The lowest BCUT2D eigenvalue weighted by Crippen LogP contribution is -2.41. The molecule has 0 saturated carbocycles. The second-order valence-corrected chi connectivity index (χ2v) is 18.6. The number of hydrogen-bond acceptors (Lipinski definition) is 14. The zero-order valence-electron chi connectivity index (χ0n) is 35.4. The first-order valence-corrected chi connectivity index (χ1v) is 23.1. The molecule has 4 aromatic rings. The standard InChI is InChI=1S/C16H15ClN4O.C14H23BN2O3.C6H12O4S.C5H10O2/c17-16-2-1-14-15(20-16)7-11(8-18-14)12-9-19-21(10-12)13-3-5-22-6-4-13;1-13(2)14(3,4)20-15(19-13)11-9-16-17(10-11)12-5-7-18-8-6-12;1-11(7,8)10-6-2-4-9-5-3-6;6-5-1-3-7-4-2-5/h1-2,7-10,13H,3-6H2;9-10,12H,5-8H2,1-4H3;6H,2-5H2,1H3;5-6H,1-4H2. The van der Waals surface area contributed by atoms with Gasteiger partial charge < -0.3 is 33.4 Å². The molecule has 9 rings (SSSR count). The molecule has 0 aliphatic carbocycles. The highest BCUT2D eigenvalue weighted by atomic mass is 35.5. The summed E-state index contributed by atoms with van der Waals surface area (Å²) in [5, 5.41) is 18.3. The number of rotatable bonds is 6. The monoisotopic (exact) mass is 874 g/mol. The van der Waals surface area contributed by atoms with Crippen LogP contribution in [0.5, 0.6) is 0 Å². The molecule has 0 atom stereocenters. The van der Waals surface area contributed by atoms with Gasteiger partial charge in [-0.3, -0.25) is 18.5 Å². The zero-order chi connectivity index (χ0) is 42.8. The van der Waals surface area contributed by atoms with Gasteiger partial charge in [0.05, 0.1) is 59.0 Å². The summed E-state index contributed by atoms with van der Waals surface area (Å²) in [5.41, 5.74) is 4.06. The Morgan fingerprint density at radius 2 is 1.23 bits per heavy atom. The normalized spacial score (nSPS) is 21.6. The Balaban J connectivity index is 0.000000145. The van der Waals surface area contributed by atoms with Crippen LogP contribution < -0.4 is 5.46 Å². The van der Waals surface area contributed by atoms with E-state index in [0.29, 0.717) is 43.3 Å². The van der Waals surface area contributed by atoms with Gasteiger partial charge in [-0.2, -0.15) is 18.6 Å². The highest BCUT2D eigenvalue weighted by molar-refractivity contribution is 7.86. The molecule has 0 aromatic carbocycles. The van der Waals surface area contributed by atoms with Crippen LogP contribution in [-0.4, -0.2) is 133 Å². The van der Waals surface area contributed by atoms with Crippen LogP contribution in [0.2, 0.25) is 5.15 Å². The SMILES string of the molecule is CC1(C)OB(c2cnn(C3CCOCC3)c2)OC1(C)C.CS(=O)(=O)OC1CCOCC1.Clc1ccc2ncc(-c3cnn(C4CCOCC4)c3)cc2n1.OC1CCOCC1. The predicted octanol–water partition coefficient (Wildman–Crippen LogP) is 5.33. The Bertz CT molecular complexity index is 2030. The number of fused-ring (bicyclic) bond motifs is 1. The van der Waals surface area contributed by atoms with Crippen molar-refractivity contribution in [2.45, 2.75) is 115 Å². The summed E-state index contributed by atoms with van der Waals surface area (Å²) < 4.78 is 63.0. The van der Waals surface area contributed by atoms with Crippen molar-refractivity contribution in [2.24, 2.45) is 0 Å². The Morgan fingerprint density at radius 3 is 1.77 bits per heavy atom. The van der Waals surface area contributed by atoms with Crippen LogP contribution in [-0.2, 0) is 42.6 Å². The third-order valence-electron chi connectivity index (χ3n) is 11.4. The fourth-order valence-electron chi connectivity index (χ4n) is 7.08. The van der Waals surface area contributed by atoms with Crippen LogP contribution in [0.25, 0.3) is 22.2 Å². The van der Waals surface area contributed by atoms with E-state index in [1.54, 1.807) is 6.07 Å². The summed E-state index contributed by atoms with van der Waals surface area (Å²) in [6.07, 6.45) is 17.6. The van der Waals surface area contributed by atoms with Gasteiger partial charge in [0.25, 0.3) is 10.1 Å². The lowest BCUT2D eigenvalue weighted by atomic mass is 9.82. The van der Waals surface area contributed by atoms with Gasteiger partial charge in [-0.1, -0.05) is 11.6 Å². The number of ether oxygens (including phenoxy) is 4. The molecule has 5 aliphatic heterocycles. The first-order valence-electron chi connectivity index (χ1n) is 20.9. The average molecular weight is 875 g/mol. The first kappa shape index (κ1) is 46.5. The van der Waals surface area contributed by atoms with Crippen LogP contribution in [0.15, 0.2) is 49.2 Å². The van der Waals surface area contributed by atoms with Crippen molar-refractivity contribution < 1.29 is 46.0 Å². The number of hydrogen-bond donors (Lipinski definition) is 1. The minimum atomic E-state index is -3.28. The minimum absolute atomic E-state index is 0.0891. The summed E-state index contributed by atoms with van der Waals surface area (Å²) in [6, 6.07) is 6.47. The number of nitrogens with zero attached hydrogens (tertiary/aromatic N) is 6. The Kier molecular flexibility index (Phi) is 16.5. The average Bonchev–Trinajstić information content (AvgIpc) is 3.98. The summed E-state index contributed by atoms with van der Waals surface area (Å²) >= 11 is 5.96. The molecule has 60 heavy (non-hydrogen) atoms. The molecule has 0 amide bonds. The van der Waals surface area contributed by atoms with E-state index in [0.717, 1.165) is 112 Å². The first-order chi connectivity index (χ1) is 28.7. The van der Waals surface area contributed by atoms with Crippen LogP contribution >= 0.6 is 11.6 Å². The number of halogens is 1. The van der Waals surface area contributed by atoms with E-state index in [-0.39, 0.29) is 30.5 Å². The van der Waals surface area contributed by atoms with E-state index in [1.807, 2.05) is 40.1 Å². The summed E-state index contributed by atoms with van der Waals surface area (Å²) in [6.45, 7) is 14.2. The Morgan fingerprint density at radius 1 is 0.717 bits per heavy atom. The van der Waals surface area contributed by atoms with Gasteiger partial charge in [-0.25, -0.2) is 4.98 Å². The van der Waals surface area contributed by atoms with Crippen LogP contribution in [0.1, 0.15) is 91.1 Å². The largest absolute Gasteiger partial charge is 0.498 e. The highest BCUT2D eigenvalue weighted by Crippen LogP contribution is 2.36. The van der Waals surface area contributed by atoms with Crippen LogP contribution in [0.3, 0.4) is 0 Å². The molecule has 5 fully saturated rings. The van der Waals surface area contributed by atoms with Gasteiger partial charge in [-0.15, -0.1) is 0 Å². The molecule has 16 nitrogen and oxygen atoms in total. The molecule has 0 radical (unpaired) electrons. The molecule has 5 aliphatic rings. The maximum atomic E-state index is 10.6. The molecule has 0 unspecified atom stereocenters. The van der Waals surface area contributed by atoms with Crippen LogP contribution in [0.4, 0.5) is 0 Å². The third-order valence-corrected chi connectivity index (χ3v) is 12.2. The minimum Gasteiger partial charge on any atom is -0.399 e. The second kappa shape index (κ2) is 21.4. The highest BCUT2D eigenvalue weighted by Gasteiger charge is 2.52. The van der Waals surface area contributed by atoms with Crippen molar-refractivity contribution >= 4 is 45.3 Å². The van der Waals surface area contributed by atoms with Gasteiger partial charge in [0.2, 0.25) is 0 Å². The van der Waals surface area contributed by atoms with Crippen molar-refractivity contribution in [3.8, 4) is 11.1 Å². The lowest BCUT2D eigenvalue weighted by molar-refractivity contribution is 0.00578. The van der Waals surface area contributed by atoms with Crippen molar-refractivity contribution in [3.63, 3.8) is 0 Å². The molecule has 0 spiro atoms. The maximum absolute atomic E-state index is 10.6. The van der Waals surface area contributed by atoms with Crippen LogP contribution in [0, 0.1) is 0 Å². The van der Waals surface area contributed by atoms with Crippen molar-refractivity contribution in [1.29, 1.82) is 0 Å². The fraction of sp³-hybridized carbons (Fsp3) is 0.659. The molecule has 5 saturated heterocycles. The van der Waals surface area contributed by atoms with Gasteiger partial charge >= 0.3 is 7.12 Å². The van der Waals surface area contributed by atoms with Crippen molar-refractivity contribution in [3.05, 3.63) is 54.3 Å². The predicted molar refractivity (Wildman–Crippen MR) is 228 cm³/mol. The lowest BCUT2D eigenvalue weighted by Gasteiger charge is -2.32. The number of pyridine rings is 2. The van der Waals surface area contributed by atoms with E-state index in [4.69, 9.17) is 49.1 Å². The summed E-state index contributed by atoms with van der Waals surface area (Å²) in [5.74, 6) is 0. The van der Waals surface area contributed by atoms with Gasteiger partial charge in [0.15, 0.2) is 0 Å². The van der Waals surface area contributed by atoms with Gasteiger partial charge in [0, 0.05) is 94.2 Å². The second-order valence-electron chi connectivity index (χ2n) is 16.6. The smallest absolute Gasteiger partial charge is 0.399 e. The molecular formula is C41H60BClN6O10S. The fourth-order valence-corrected chi connectivity index (χ4v) is 7.92. The number of aliphatic hydroxyl groups excluding tert-OH is 1. The summed E-state index contributed by atoms with van der Waals surface area (Å²) in [4.78, 5) is 8.76. The molecule has 9 heterocycles. The zero-order valence-corrected chi connectivity index (χ0v) is 37.0. The molecule has 330 valence electrons. The molecule has 19 heteroatoms. The summed E-state index contributed by atoms with van der Waals surface area (Å²) in [7, 11) is -3.60. The number of aliphatic hydroxyl groups is 1. The van der Waals surface area contributed by atoms with E-state index >= 15 is 0 Å². The third kappa shape index (κ3) is 13.5. The van der Waals surface area contributed by atoms with E-state index < -0.39 is 10.1 Å². The van der Waals surface area contributed by atoms with E-state index in [1.165, 1.54) is 0 Å². The van der Waals surface area contributed by atoms with E-state index in [2.05, 4.69) is 60.3 Å². The molecule has 4 aromatic heterocycles. The molecule has 1 N–H and O–H groups in total. The Labute approximate surface area is 358 Å². The topological polar surface area (TPSA) is 180 Å². The molecule has 0 bridgehead atoms. The van der Waals surface area contributed by atoms with Crippen molar-refractivity contribution in [1.82, 2.24) is 29.5 Å². The van der Waals surface area contributed by atoms with E-state index in [9.17, 15) is 8.42 Å². The molecular weight excluding hydrogens is 815 g/mol. The quantitative estimate of drug-likeness (QED) is 0.149. The Hall–Kier alpha value is -3.04. The van der Waals surface area contributed by atoms with Crippen molar-refractivity contribution in [2.75, 3.05) is 59.1 Å². The van der Waals surface area contributed by atoms with Gasteiger partial charge in [-0.05, 0) is 97.3 Å².